The number of anilines is 1. The quantitative estimate of drug-likeness (QED) is 0.212. The Kier molecular flexibility index (Phi) is 9.13. The molecule has 0 aliphatic carbocycles. The molecule has 1 N–H and O–H groups in total. The summed E-state index contributed by atoms with van der Waals surface area (Å²) in [4.78, 5) is 33.2. The fourth-order valence-electron chi connectivity index (χ4n) is 5.46. The van der Waals surface area contributed by atoms with Crippen molar-refractivity contribution in [3.63, 3.8) is 0 Å². The predicted octanol–water partition coefficient (Wildman–Crippen LogP) is 6.03. The Bertz CT molecular complexity index is 2210. The van der Waals surface area contributed by atoms with Crippen LogP contribution in [0.5, 0.6) is 11.5 Å². The third-order valence-electron chi connectivity index (χ3n) is 7.78. The summed E-state index contributed by atoms with van der Waals surface area (Å²) >= 11 is 1.27. The number of aryl methyl sites for hydroxylation is 1. The lowest BCUT2D eigenvalue weighted by Crippen LogP contribution is -2.40. The van der Waals surface area contributed by atoms with Crippen LogP contribution >= 0.6 is 11.3 Å². The first-order valence-corrected chi connectivity index (χ1v) is 16.0. The summed E-state index contributed by atoms with van der Waals surface area (Å²) in [6.45, 7) is 6.32. The molecule has 4 aromatic carbocycles. The Morgan fingerprint density at radius 1 is 0.979 bits per heavy atom. The average molecular weight is 641 g/mol. The molecule has 47 heavy (non-hydrogen) atoms. The molecule has 1 aliphatic heterocycles. The molecule has 0 fully saturated rings. The molecule has 0 saturated heterocycles. The van der Waals surface area contributed by atoms with E-state index in [0.717, 1.165) is 22.3 Å². The van der Waals surface area contributed by atoms with Gasteiger partial charge in [0.1, 0.15) is 6.61 Å². The number of rotatable bonds is 9. The summed E-state index contributed by atoms with van der Waals surface area (Å²) < 4.78 is 14.0. The van der Waals surface area contributed by atoms with Crippen molar-refractivity contribution in [1.29, 1.82) is 5.26 Å². The molecular formula is C38H32N4O4S. The van der Waals surface area contributed by atoms with Gasteiger partial charge in [0.2, 0.25) is 0 Å². The van der Waals surface area contributed by atoms with Gasteiger partial charge in [-0.15, -0.1) is 0 Å². The standard InChI is InChI=1S/C38H32N4O4S/c1-4-45-32-20-26(16-19-31(32)46-23-29-11-9-8-10-28(29)22-39)21-33-37(44)42-35(27-17-14-24(2)15-18-27)34(25(3)40-38(42)47-33)36(43)41-30-12-6-5-7-13-30/h5-21,35H,4,23H2,1-3H3,(H,41,43)/b33-21+/t35-/m1/s1. The number of ether oxygens (including phenoxy) is 2. The number of benzene rings is 4. The number of carbonyl (C=O) groups excluding carboxylic acids is 1. The number of hydrogen-bond donors (Lipinski definition) is 1. The van der Waals surface area contributed by atoms with E-state index in [1.165, 1.54) is 11.3 Å². The van der Waals surface area contributed by atoms with Gasteiger partial charge in [0.05, 0.1) is 40.1 Å². The number of nitrogens with one attached hydrogen (secondary N) is 1. The van der Waals surface area contributed by atoms with Crippen molar-refractivity contribution in [1.82, 2.24) is 4.57 Å². The maximum absolute atomic E-state index is 14.1. The van der Waals surface area contributed by atoms with E-state index in [1.54, 1.807) is 29.7 Å². The largest absolute Gasteiger partial charge is 0.490 e. The number of thiazole rings is 1. The Morgan fingerprint density at radius 3 is 2.47 bits per heavy atom. The fourth-order valence-corrected chi connectivity index (χ4v) is 6.51. The lowest BCUT2D eigenvalue weighted by Gasteiger charge is -2.25. The normalized spacial score (nSPS) is 14.2. The van der Waals surface area contributed by atoms with Crippen LogP contribution in [0.1, 0.15) is 47.7 Å². The summed E-state index contributed by atoms with van der Waals surface area (Å²) in [7, 11) is 0. The molecule has 1 aliphatic rings. The number of carbonyl (C=O) groups is 1. The second-order valence-corrected chi connectivity index (χ2v) is 12.0. The zero-order valence-corrected chi connectivity index (χ0v) is 27.0. The summed E-state index contributed by atoms with van der Waals surface area (Å²) in [6, 6.07) is 31.4. The van der Waals surface area contributed by atoms with Gasteiger partial charge < -0.3 is 14.8 Å². The lowest BCUT2D eigenvalue weighted by atomic mass is 9.94. The van der Waals surface area contributed by atoms with E-state index in [-0.39, 0.29) is 18.1 Å². The molecule has 1 atom stereocenters. The van der Waals surface area contributed by atoms with E-state index in [2.05, 4.69) is 11.4 Å². The van der Waals surface area contributed by atoms with Crippen LogP contribution in [0.2, 0.25) is 0 Å². The minimum absolute atomic E-state index is 0.209. The average Bonchev–Trinajstić information content (AvgIpc) is 3.38. The van der Waals surface area contributed by atoms with Gasteiger partial charge in [0, 0.05) is 11.3 Å². The Balaban J connectivity index is 1.38. The molecule has 0 bridgehead atoms. The number of amides is 1. The van der Waals surface area contributed by atoms with Gasteiger partial charge in [-0.3, -0.25) is 14.2 Å². The van der Waals surface area contributed by atoms with Crippen molar-refractivity contribution in [2.75, 3.05) is 11.9 Å². The molecule has 5 aromatic rings. The second kappa shape index (κ2) is 13.7. The van der Waals surface area contributed by atoms with Crippen molar-refractivity contribution in [2.45, 2.75) is 33.4 Å². The number of nitriles is 1. The Morgan fingerprint density at radius 2 is 1.72 bits per heavy atom. The smallest absolute Gasteiger partial charge is 0.271 e. The van der Waals surface area contributed by atoms with E-state index in [4.69, 9.17) is 14.5 Å². The van der Waals surface area contributed by atoms with E-state index < -0.39 is 6.04 Å². The molecule has 2 heterocycles. The highest BCUT2D eigenvalue weighted by Gasteiger charge is 2.32. The zero-order chi connectivity index (χ0) is 32.9. The molecule has 0 unspecified atom stereocenters. The Labute approximate surface area is 276 Å². The lowest BCUT2D eigenvalue weighted by molar-refractivity contribution is -0.113. The van der Waals surface area contributed by atoms with Crippen LogP contribution in [0.4, 0.5) is 5.69 Å². The van der Waals surface area contributed by atoms with Gasteiger partial charge in [0.15, 0.2) is 16.3 Å². The van der Waals surface area contributed by atoms with E-state index in [0.29, 0.717) is 50.0 Å². The fraction of sp³-hybridized carbons (Fsp3) is 0.158. The third kappa shape index (κ3) is 6.64. The molecule has 234 valence electrons. The van der Waals surface area contributed by atoms with Gasteiger partial charge in [-0.05, 0) is 68.3 Å². The molecule has 1 amide bonds. The van der Waals surface area contributed by atoms with Crippen molar-refractivity contribution in [3.8, 4) is 17.6 Å². The van der Waals surface area contributed by atoms with Gasteiger partial charge in [-0.2, -0.15) is 5.26 Å². The van der Waals surface area contributed by atoms with E-state index in [1.807, 2.05) is 98.8 Å². The number of nitrogens with zero attached hydrogens (tertiary/aromatic N) is 3. The van der Waals surface area contributed by atoms with E-state index >= 15 is 0 Å². The van der Waals surface area contributed by atoms with Gasteiger partial charge >= 0.3 is 0 Å². The number of allylic oxidation sites excluding steroid dienone is 1. The summed E-state index contributed by atoms with van der Waals surface area (Å²) in [6.07, 6.45) is 1.80. The molecule has 0 spiro atoms. The molecule has 8 nitrogen and oxygen atoms in total. The molecule has 6 rings (SSSR count). The van der Waals surface area contributed by atoms with E-state index in [9.17, 15) is 14.9 Å². The highest BCUT2D eigenvalue weighted by Crippen LogP contribution is 2.32. The van der Waals surface area contributed by atoms with Crippen LogP contribution in [0.15, 0.2) is 118 Å². The number of hydrogen-bond acceptors (Lipinski definition) is 7. The third-order valence-corrected chi connectivity index (χ3v) is 8.76. The summed E-state index contributed by atoms with van der Waals surface area (Å²) in [5.41, 5.74) is 5.33. The van der Waals surface area contributed by atoms with Crippen LogP contribution in [-0.4, -0.2) is 17.1 Å². The van der Waals surface area contributed by atoms with Crippen LogP contribution in [0, 0.1) is 18.3 Å². The van der Waals surface area contributed by atoms with Crippen LogP contribution in [0.25, 0.3) is 6.08 Å². The molecule has 9 heteroatoms. The maximum Gasteiger partial charge on any atom is 0.271 e. The first-order valence-electron chi connectivity index (χ1n) is 15.2. The molecule has 0 radical (unpaired) electrons. The monoisotopic (exact) mass is 640 g/mol. The SMILES string of the molecule is CCOc1cc(/C=c2/sc3n(c2=O)[C@H](c2ccc(C)cc2)C(C(=O)Nc2ccccc2)=C(C)N=3)ccc1OCc1ccccc1C#N. The zero-order valence-electron chi connectivity index (χ0n) is 26.2. The highest BCUT2D eigenvalue weighted by molar-refractivity contribution is 7.07. The maximum atomic E-state index is 14.1. The summed E-state index contributed by atoms with van der Waals surface area (Å²) in [5.74, 6) is 0.741. The van der Waals surface area contributed by atoms with Gasteiger partial charge in [-0.25, -0.2) is 4.99 Å². The van der Waals surface area contributed by atoms with Crippen molar-refractivity contribution >= 4 is 29.0 Å². The summed E-state index contributed by atoms with van der Waals surface area (Å²) in [5, 5.41) is 12.4. The molecular weight excluding hydrogens is 609 g/mol. The number of para-hydroxylation sites is 1. The highest BCUT2D eigenvalue weighted by atomic mass is 32.1. The topological polar surface area (TPSA) is 106 Å². The van der Waals surface area contributed by atoms with Crippen LogP contribution in [-0.2, 0) is 11.4 Å². The number of fused-ring (bicyclic) bond motifs is 1. The Hall–Kier alpha value is -5.72. The minimum Gasteiger partial charge on any atom is -0.490 e. The van der Waals surface area contributed by atoms with Crippen molar-refractivity contribution < 1.29 is 14.3 Å². The van der Waals surface area contributed by atoms with Gasteiger partial charge in [0.25, 0.3) is 11.5 Å². The molecule has 1 aromatic heterocycles. The first-order chi connectivity index (χ1) is 22.9. The van der Waals surface area contributed by atoms with Crippen LogP contribution < -0.4 is 29.7 Å². The second-order valence-electron chi connectivity index (χ2n) is 11.0. The van der Waals surface area contributed by atoms with Crippen molar-refractivity contribution in [3.05, 3.63) is 156 Å². The van der Waals surface area contributed by atoms with Crippen molar-refractivity contribution in [2.24, 2.45) is 4.99 Å². The van der Waals surface area contributed by atoms with Crippen LogP contribution in [0.3, 0.4) is 0 Å². The minimum atomic E-state index is -0.663. The predicted molar refractivity (Wildman–Crippen MR) is 183 cm³/mol. The first kappa shape index (κ1) is 31.3. The molecule has 0 saturated carbocycles. The van der Waals surface area contributed by atoms with Gasteiger partial charge in [-0.1, -0.05) is 83.6 Å². The number of aromatic nitrogens is 1.